The predicted molar refractivity (Wildman–Crippen MR) is 77.6 cm³/mol. The number of carbonyl (C=O) groups excluding carboxylic acids is 1. The summed E-state index contributed by atoms with van der Waals surface area (Å²) in [4.78, 5) is 12.5. The standard InChI is InChI=1S/C14H9ClFNO2S/c15-10-6-11(16)8-12(7-10)17-14(19)13-9(2-1-4-18)3-5-20-13/h3,5-8,18H,4H2,(H,17,19). The minimum Gasteiger partial charge on any atom is -0.384 e. The molecule has 2 N–H and O–H groups in total. The molecular formula is C14H9ClFNO2S. The number of anilines is 1. The molecule has 102 valence electrons. The van der Waals surface area contributed by atoms with Crippen molar-refractivity contribution in [3.63, 3.8) is 0 Å². The Morgan fingerprint density at radius 1 is 1.45 bits per heavy atom. The fourth-order valence-corrected chi connectivity index (χ4v) is 2.50. The van der Waals surface area contributed by atoms with Gasteiger partial charge in [0.05, 0.1) is 0 Å². The quantitative estimate of drug-likeness (QED) is 0.837. The van der Waals surface area contributed by atoms with Crippen LogP contribution in [0.25, 0.3) is 0 Å². The number of amides is 1. The van der Waals surface area contributed by atoms with E-state index in [4.69, 9.17) is 16.7 Å². The Bertz CT molecular complexity index is 682. The first-order valence-corrected chi connectivity index (χ1v) is 6.80. The number of aliphatic hydroxyl groups is 1. The number of rotatable bonds is 2. The van der Waals surface area contributed by atoms with Gasteiger partial charge >= 0.3 is 0 Å². The number of thiophene rings is 1. The minimum absolute atomic E-state index is 0.201. The van der Waals surface area contributed by atoms with Crippen molar-refractivity contribution in [3.05, 3.63) is 50.9 Å². The summed E-state index contributed by atoms with van der Waals surface area (Å²) in [6.45, 7) is -0.281. The summed E-state index contributed by atoms with van der Waals surface area (Å²) in [6, 6.07) is 5.47. The highest BCUT2D eigenvalue weighted by Crippen LogP contribution is 2.21. The molecule has 0 fully saturated rings. The summed E-state index contributed by atoms with van der Waals surface area (Å²) >= 11 is 6.93. The Morgan fingerprint density at radius 2 is 2.25 bits per heavy atom. The molecule has 0 bridgehead atoms. The Morgan fingerprint density at radius 3 is 2.95 bits per heavy atom. The lowest BCUT2D eigenvalue weighted by molar-refractivity contribution is 0.103. The summed E-state index contributed by atoms with van der Waals surface area (Å²) < 4.78 is 13.2. The summed E-state index contributed by atoms with van der Waals surface area (Å²) in [7, 11) is 0. The number of aliphatic hydroxyl groups excluding tert-OH is 1. The lowest BCUT2D eigenvalue weighted by Crippen LogP contribution is -2.11. The molecule has 2 aromatic rings. The highest BCUT2D eigenvalue weighted by atomic mass is 35.5. The molecule has 1 aromatic heterocycles. The third-order valence-electron chi connectivity index (χ3n) is 2.29. The van der Waals surface area contributed by atoms with Gasteiger partial charge in [-0.25, -0.2) is 4.39 Å². The number of nitrogens with one attached hydrogen (secondary N) is 1. The van der Waals surface area contributed by atoms with Gasteiger partial charge in [-0.15, -0.1) is 11.3 Å². The molecule has 0 aliphatic heterocycles. The van der Waals surface area contributed by atoms with Crippen molar-refractivity contribution in [2.24, 2.45) is 0 Å². The van der Waals surface area contributed by atoms with Crippen LogP contribution in [0.3, 0.4) is 0 Å². The highest BCUT2D eigenvalue weighted by molar-refractivity contribution is 7.12. The first-order valence-electron chi connectivity index (χ1n) is 5.55. The fraction of sp³-hybridized carbons (Fsp3) is 0.0714. The Hall–Kier alpha value is -1.87. The van der Waals surface area contributed by atoms with Crippen molar-refractivity contribution in [1.29, 1.82) is 0 Å². The SMILES string of the molecule is O=C(Nc1cc(F)cc(Cl)c1)c1sccc1C#CCO. The third kappa shape index (κ3) is 3.58. The van der Waals surface area contributed by atoms with Crippen LogP contribution >= 0.6 is 22.9 Å². The maximum atomic E-state index is 13.2. The van der Waals surface area contributed by atoms with Gasteiger partial charge < -0.3 is 10.4 Å². The van der Waals surface area contributed by atoms with Gasteiger partial charge in [0, 0.05) is 16.3 Å². The van der Waals surface area contributed by atoms with E-state index in [1.807, 2.05) is 0 Å². The maximum absolute atomic E-state index is 13.2. The molecular weight excluding hydrogens is 301 g/mol. The Balaban J connectivity index is 2.22. The van der Waals surface area contributed by atoms with Crippen molar-refractivity contribution in [3.8, 4) is 11.8 Å². The van der Waals surface area contributed by atoms with E-state index in [0.29, 0.717) is 10.4 Å². The highest BCUT2D eigenvalue weighted by Gasteiger charge is 2.13. The van der Waals surface area contributed by atoms with E-state index in [1.54, 1.807) is 11.4 Å². The van der Waals surface area contributed by atoms with Gasteiger partial charge in [0.15, 0.2) is 0 Å². The summed E-state index contributed by atoms with van der Waals surface area (Å²) in [5.74, 6) is 4.23. The fourth-order valence-electron chi connectivity index (χ4n) is 1.53. The van der Waals surface area contributed by atoms with E-state index < -0.39 is 11.7 Å². The molecule has 0 spiro atoms. The third-order valence-corrected chi connectivity index (χ3v) is 3.43. The number of hydrogen-bond donors (Lipinski definition) is 2. The normalized spacial score (nSPS) is 9.75. The lowest BCUT2D eigenvalue weighted by atomic mass is 10.2. The number of halogens is 2. The molecule has 3 nitrogen and oxygen atoms in total. The second-order valence-corrected chi connectivity index (χ2v) is 5.09. The number of carbonyl (C=O) groups is 1. The average molecular weight is 310 g/mol. The molecule has 0 saturated heterocycles. The van der Waals surface area contributed by atoms with Crippen molar-refractivity contribution >= 4 is 34.5 Å². The molecule has 1 amide bonds. The molecule has 20 heavy (non-hydrogen) atoms. The lowest BCUT2D eigenvalue weighted by Gasteiger charge is -2.05. The number of hydrogen-bond acceptors (Lipinski definition) is 3. The summed E-state index contributed by atoms with van der Waals surface area (Å²) in [6.07, 6.45) is 0. The first kappa shape index (κ1) is 14.5. The summed E-state index contributed by atoms with van der Waals surface area (Å²) in [5, 5.41) is 13.1. The molecule has 6 heteroatoms. The molecule has 0 radical (unpaired) electrons. The van der Waals surface area contributed by atoms with Crippen LogP contribution in [0.2, 0.25) is 5.02 Å². The van der Waals surface area contributed by atoms with Crippen LogP contribution in [0, 0.1) is 17.7 Å². The zero-order chi connectivity index (χ0) is 14.5. The molecule has 0 saturated carbocycles. The van der Waals surface area contributed by atoms with E-state index in [0.717, 1.165) is 6.07 Å². The van der Waals surface area contributed by atoms with Crippen LogP contribution in [0.5, 0.6) is 0 Å². The van der Waals surface area contributed by atoms with Crippen molar-refractivity contribution in [2.45, 2.75) is 0 Å². The van der Waals surface area contributed by atoms with Gasteiger partial charge in [-0.05, 0) is 29.6 Å². The molecule has 0 aliphatic carbocycles. The van der Waals surface area contributed by atoms with Crippen molar-refractivity contribution in [1.82, 2.24) is 0 Å². The van der Waals surface area contributed by atoms with E-state index in [2.05, 4.69) is 17.2 Å². The van der Waals surface area contributed by atoms with Crippen LogP contribution < -0.4 is 5.32 Å². The average Bonchev–Trinajstić information content (AvgIpc) is 2.83. The predicted octanol–water partition coefficient (Wildman–Crippen LogP) is 3.14. The Kier molecular flexibility index (Phi) is 4.74. The molecule has 1 heterocycles. The van der Waals surface area contributed by atoms with Crippen LogP contribution in [0.15, 0.2) is 29.6 Å². The van der Waals surface area contributed by atoms with Gasteiger partial charge in [0.2, 0.25) is 0 Å². The van der Waals surface area contributed by atoms with Gasteiger partial charge in [-0.1, -0.05) is 23.4 Å². The topological polar surface area (TPSA) is 49.3 Å². The zero-order valence-electron chi connectivity index (χ0n) is 10.1. The monoisotopic (exact) mass is 309 g/mol. The second-order valence-electron chi connectivity index (χ2n) is 3.74. The van der Waals surface area contributed by atoms with Crippen LogP contribution in [0.1, 0.15) is 15.2 Å². The van der Waals surface area contributed by atoms with E-state index in [9.17, 15) is 9.18 Å². The van der Waals surface area contributed by atoms with E-state index in [-0.39, 0.29) is 17.3 Å². The van der Waals surface area contributed by atoms with Gasteiger partial charge in [-0.3, -0.25) is 4.79 Å². The molecule has 0 atom stereocenters. The maximum Gasteiger partial charge on any atom is 0.267 e. The molecule has 0 aliphatic rings. The second kappa shape index (κ2) is 6.53. The van der Waals surface area contributed by atoms with Gasteiger partial charge in [-0.2, -0.15) is 0 Å². The van der Waals surface area contributed by atoms with Gasteiger partial charge in [0.25, 0.3) is 5.91 Å². The largest absolute Gasteiger partial charge is 0.384 e. The van der Waals surface area contributed by atoms with Gasteiger partial charge in [0.1, 0.15) is 17.3 Å². The smallest absolute Gasteiger partial charge is 0.267 e. The van der Waals surface area contributed by atoms with Crippen LogP contribution in [-0.2, 0) is 0 Å². The molecule has 0 unspecified atom stereocenters. The number of benzene rings is 1. The van der Waals surface area contributed by atoms with E-state index in [1.165, 1.54) is 23.5 Å². The van der Waals surface area contributed by atoms with E-state index >= 15 is 0 Å². The first-order chi connectivity index (χ1) is 9.60. The van der Waals surface area contributed by atoms with Crippen molar-refractivity contribution < 1.29 is 14.3 Å². The van der Waals surface area contributed by atoms with Crippen molar-refractivity contribution in [2.75, 3.05) is 11.9 Å². The zero-order valence-corrected chi connectivity index (χ0v) is 11.7. The van der Waals surface area contributed by atoms with Crippen LogP contribution in [-0.4, -0.2) is 17.6 Å². The summed E-state index contributed by atoms with van der Waals surface area (Å²) in [5.41, 5.74) is 0.790. The minimum atomic E-state index is -0.528. The molecule has 2 rings (SSSR count). The van der Waals surface area contributed by atoms with Crippen LogP contribution in [0.4, 0.5) is 10.1 Å². The Labute approximate surface area is 124 Å². The molecule has 1 aromatic carbocycles.